The van der Waals surface area contributed by atoms with E-state index in [4.69, 9.17) is 4.74 Å². The number of carbonyl (C=O) groups excluding carboxylic acids is 1. The van der Waals surface area contributed by atoms with E-state index >= 15 is 0 Å². The number of hydrogen-bond donors (Lipinski definition) is 2. The van der Waals surface area contributed by atoms with E-state index in [0.29, 0.717) is 35.0 Å². The first kappa shape index (κ1) is 15.9. The van der Waals surface area contributed by atoms with E-state index < -0.39 is 11.5 Å². The van der Waals surface area contributed by atoms with Gasteiger partial charge in [0.05, 0.1) is 12.3 Å². The minimum absolute atomic E-state index is 0.350. The van der Waals surface area contributed by atoms with Crippen molar-refractivity contribution < 1.29 is 19.4 Å². The molecule has 1 amide bonds. The van der Waals surface area contributed by atoms with Gasteiger partial charge in [-0.05, 0) is 19.8 Å². The van der Waals surface area contributed by atoms with E-state index in [1.165, 1.54) is 11.3 Å². The Kier molecular flexibility index (Phi) is 4.95. The van der Waals surface area contributed by atoms with E-state index in [-0.39, 0.29) is 5.91 Å². The second-order valence-corrected chi connectivity index (χ2v) is 6.44. The number of aryl methyl sites for hydroxylation is 1. The highest BCUT2D eigenvalue weighted by molar-refractivity contribution is 7.13. The summed E-state index contributed by atoms with van der Waals surface area (Å²) >= 11 is 1.25. The van der Waals surface area contributed by atoms with Crippen molar-refractivity contribution in [2.75, 3.05) is 7.11 Å². The van der Waals surface area contributed by atoms with E-state index in [1.807, 2.05) is 0 Å². The van der Waals surface area contributed by atoms with Gasteiger partial charge in [0.15, 0.2) is 0 Å². The first-order valence-corrected chi connectivity index (χ1v) is 7.81. The molecule has 0 spiro atoms. The molecule has 0 bridgehead atoms. The molecule has 0 saturated heterocycles. The van der Waals surface area contributed by atoms with Crippen LogP contribution in [-0.2, 0) is 16.1 Å². The average molecular weight is 312 g/mol. The summed E-state index contributed by atoms with van der Waals surface area (Å²) < 4.78 is 5.01. The van der Waals surface area contributed by atoms with Crippen LogP contribution in [0.5, 0.6) is 0 Å². The fourth-order valence-corrected chi connectivity index (χ4v) is 3.60. The van der Waals surface area contributed by atoms with Crippen molar-refractivity contribution in [3.63, 3.8) is 0 Å². The van der Waals surface area contributed by atoms with Gasteiger partial charge in [-0.25, -0.2) is 9.78 Å². The summed E-state index contributed by atoms with van der Waals surface area (Å²) in [5, 5.41) is 12.9. The van der Waals surface area contributed by atoms with Crippen LogP contribution in [0, 0.1) is 6.92 Å². The minimum Gasteiger partial charge on any atom is -0.480 e. The Bertz CT molecular complexity index is 535. The van der Waals surface area contributed by atoms with E-state index in [1.54, 1.807) is 14.0 Å². The summed E-state index contributed by atoms with van der Waals surface area (Å²) in [6.07, 6.45) is 3.63. The van der Waals surface area contributed by atoms with Crippen LogP contribution in [-0.4, -0.2) is 34.6 Å². The van der Waals surface area contributed by atoms with Crippen molar-refractivity contribution in [1.29, 1.82) is 0 Å². The number of carboxylic acids is 1. The molecular formula is C14H20N2O4S. The number of aliphatic carboxylic acids is 1. The van der Waals surface area contributed by atoms with Crippen molar-refractivity contribution in [1.82, 2.24) is 10.3 Å². The smallest absolute Gasteiger partial charge is 0.329 e. The van der Waals surface area contributed by atoms with Gasteiger partial charge in [-0.15, -0.1) is 11.3 Å². The number of carboxylic acid groups (broad SMARTS) is 1. The SMILES string of the molecule is COCc1nc(C)c(C(=O)NC2(C(=O)O)CCCCC2)s1. The van der Waals surface area contributed by atoms with Gasteiger partial charge in [0.25, 0.3) is 5.91 Å². The number of aromatic nitrogens is 1. The average Bonchev–Trinajstić information content (AvgIpc) is 2.81. The lowest BCUT2D eigenvalue weighted by Gasteiger charge is -2.33. The molecule has 1 aliphatic rings. The molecule has 1 heterocycles. The predicted octanol–water partition coefficient (Wildman–Crippen LogP) is 2.12. The molecule has 0 aliphatic heterocycles. The highest BCUT2D eigenvalue weighted by atomic mass is 32.1. The van der Waals surface area contributed by atoms with Gasteiger partial charge < -0.3 is 15.2 Å². The van der Waals surface area contributed by atoms with Crippen LogP contribution in [0.2, 0.25) is 0 Å². The van der Waals surface area contributed by atoms with Crippen LogP contribution in [0.25, 0.3) is 0 Å². The van der Waals surface area contributed by atoms with Crippen molar-refractivity contribution in [3.8, 4) is 0 Å². The first-order valence-electron chi connectivity index (χ1n) is 6.99. The van der Waals surface area contributed by atoms with Crippen LogP contribution >= 0.6 is 11.3 Å². The Morgan fingerprint density at radius 1 is 1.38 bits per heavy atom. The number of nitrogens with zero attached hydrogens (tertiary/aromatic N) is 1. The van der Waals surface area contributed by atoms with Gasteiger partial charge in [0.2, 0.25) is 0 Å². The number of hydrogen-bond acceptors (Lipinski definition) is 5. The molecule has 1 aromatic heterocycles. The molecular weight excluding hydrogens is 292 g/mol. The topological polar surface area (TPSA) is 88.5 Å². The van der Waals surface area contributed by atoms with Crippen LogP contribution in [0.4, 0.5) is 0 Å². The number of ether oxygens (including phenoxy) is 1. The Morgan fingerprint density at radius 3 is 2.62 bits per heavy atom. The molecule has 116 valence electrons. The van der Waals surface area contributed by atoms with Crippen LogP contribution in [0.1, 0.15) is 52.5 Å². The number of rotatable bonds is 5. The number of nitrogens with one attached hydrogen (secondary N) is 1. The van der Waals surface area contributed by atoms with Crippen molar-refractivity contribution >= 4 is 23.2 Å². The Morgan fingerprint density at radius 2 is 2.05 bits per heavy atom. The molecule has 0 unspecified atom stereocenters. The third-order valence-electron chi connectivity index (χ3n) is 3.78. The standard InChI is InChI=1S/C14H20N2O4S/c1-9-11(21-10(15-9)8-20-2)12(17)16-14(13(18)19)6-4-3-5-7-14/h3-8H2,1-2H3,(H,16,17)(H,18,19). The Labute approximate surface area is 127 Å². The lowest BCUT2D eigenvalue weighted by Crippen LogP contribution is -2.55. The van der Waals surface area contributed by atoms with Gasteiger partial charge in [-0.3, -0.25) is 4.79 Å². The number of amides is 1. The normalized spacial score (nSPS) is 17.4. The largest absolute Gasteiger partial charge is 0.480 e. The summed E-state index contributed by atoms with van der Waals surface area (Å²) in [7, 11) is 1.57. The van der Waals surface area contributed by atoms with Gasteiger partial charge >= 0.3 is 5.97 Å². The molecule has 0 atom stereocenters. The maximum atomic E-state index is 12.4. The van der Waals surface area contributed by atoms with Crippen molar-refractivity contribution in [3.05, 3.63) is 15.6 Å². The third-order valence-corrected chi connectivity index (χ3v) is 4.91. The zero-order chi connectivity index (χ0) is 15.5. The van der Waals surface area contributed by atoms with Crippen molar-refractivity contribution in [2.45, 2.75) is 51.2 Å². The molecule has 6 nitrogen and oxygen atoms in total. The fraction of sp³-hybridized carbons (Fsp3) is 0.643. The van der Waals surface area contributed by atoms with E-state index in [9.17, 15) is 14.7 Å². The first-order chi connectivity index (χ1) is 9.98. The Hall–Kier alpha value is -1.47. The van der Waals surface area contributed by atoms with Crippen LogP contribution < -0.4 is 5.32 Å². The molecule has 21 heavy (non-hydrogen) atoms. The number of thiazole rings is 1. The summed E-state index contributed by atoms with van der Waals surface area (Å²) in [5.41, 5.74) is -0.520. The summed E-state index contributed by atoms with van der Waals surface area (Å²) in [5.74, 6) is -1.30. The highest BCUT2D eigenvalue weighted by Gasteiger charge is 2.41. The monoisotopic (exact) mass is 312 g/mol. The summed E-state index contributed by atoms with van der Waals surface area (Å²) in [6, 6.07) is 0. The van der Waals surface area contributed by atoms with Crippen LogP contribution in [0.15, 0.2) is 0 Å². The van der Waals surface area contributed by atoms with Crippen molar-refractivity contribution in [2.24, 2.45) is 0 Å². The number of methoxy groups -OCH3 is 1. The zero-order valence-corrected chi connectivity index (χ0v) is 13.1. The summed E-state index contributed by atoms with van der Waals surface area (Å²) in [4.78, 5) is 28.7. The lowest BCUT2D eigenvalue weighted by molar-refractivity contribution is -0.145. The molecule has 7 heteroatoms. The molecule has 2 rings (SSSR count). The maximum Gasteiger partial charge on any atom is 0.329 e. The molecule has 1 aliphatic carbocycles. The third kappa shape index (κ3) is 3.41. The van der Waals surface area contributed by atoms with Gasteiger partial charge in [0, 0.05) is 7.11 Å². The quantitative estimate of drug-likeness (QED) is 0.869. The lowest BCUT2D eigenvalue weighted by atomic mass is 9.81. The number of carbonyl (C=O) groups is 2. The Balaban J connectivity index is 2.17. The predicted molar refractivity (Wildman–Crippen MR) is 78.5 cm³/mol. The maximum absolute atomic E-state index is 12.4. The molecule has 0 aromatic carbocycles. The molecule has 2 N–H and O–H groups in total. The zero-order valence-electron chi connectivity index (χ0n) is 12.3. The molecule has 1 fully saturated rings. The second kappa shape index (κ2) is 6.53. The van der Waals surface area contributed by atoms with Gasteiger partial charge in [-0.1, -0.05) is 19.3 Å². The summed E-state index contributed by atoms with van der Waals surface area (Å²) in [6.45, 7) is 2.10. The molecule has 1 aromatic rings. The fourth-order valence-electron chi connectivity index (χ4n) is 2.67. The van der Waals surface area contributed by atoms with E-state index in [2.05, 4.69) is 10.3 Å². The molecule has 1 saturated carbocycles. The van der Waals surface area contributed by atoms with E-state index in [0.717, 1.165) is 19.3 Å². The van der Waals surface area contributed by atoms with Gasteiger partial charge in [-0.2, -0.15) is 0 Å². The molecule has 0 radical (unpaired) electrons. The minimum atomic E-state index is -1.13. The second-order valence-electron chi connectivity index (χ2n) is 5.36. The van der Waals surface area contributed by atoms with Crippen LogP contribution in [0.3, 0.4) is 0 Å². The highest BCUT2D eigenvalue weighted by Crippen LogP contribution is 2.29. The van der Waals surface area contributed by atoms with Gasteiger partial charge in [0.1, 0.15) is 15.4 Å².